The number of hydrogen-bond acceptors (Lipinski definition) is 4. The van der Waals surface area contributed by atoms with Gasteiger partial charge in [-0.25, -0.2) is 0 Å². The first-order valence-corrected chi connectivity index (χ1v) is 12.6. The van der Waals surface area contributed by atoms with Gasteiger partial charge in [0.25, 0.3) is 11.8 Å². The number of aryl methyl sites for hydroxylation is 1. The number of aromatic nitrogens is 1. The van der Waals surface area contributed by atoms with E-state index in [9.17, 15) is 14.4 Å². The summed E-state index contributed by atoms with van der Waals surface area (Å²) >= 11 is 0. The number of nitrogens with zero attached hydrogens (tertiary/aromatic N) is 1. The molecule has 1 aromatic heterocycles. The number of nitrogens with one attached hydrogen (secondary N) is 2. The van der Waals surface area contributed by atoms with Crippen LogP contribution < -0.4 is 11.1 Å². The summed E-state index contributed by atoms with van der Waals surface area (Å²) in [5.74, 6) is -1.78. The smallest absolute Gasteiger partial charge is 0.322 e. The van der Waals surface area contributed by atoms with Crippen molar-refractivity contribution in [2.24, 2.45) is 5.73 Å². The molecule has 36 heavy (non-hydrogen) atoms. The Hall–Kier alpha value is -3.65. The first-order chi connectivity index (χ1) is 17.4. The molecule has 4 rings (SSSR count). The molecule has 0 saturated heterocycles. The van der Waals surface area contributed by atoms with Gasteiger partial charge in [-0.05, 0) is 69.0 Å². The number of amides is 2. The highest BCUT2D eigenvalue weighted by Crippen LogP contribution is 2.38. The minimum Gasteiger partial charge on any atom is -0.480 e. The van der Waals surface area contributed by atoms with Crippen molar-refractivity contribution in [3.63, 3.8) is 0 Å². The molecule has 192 valence electrons. The van der Waals surface area contributed by atoms with Crippen LogP contribution in [-0.2, 0) is 11.2 Å². The third-order valence-corrected chi connectivity index (χ3v) is 6.38. The summed E-state index contributed by atoms with van der Waals surface area (Å²) in [6.45, 7) is 6.37. The van der Waals surface area contributed by atoms with Crippen LogP contribution in [0.2, 0.25) is 0 Å². The lowest BCUT2D eigenvalue weighted by atomic mass is 9.90. The van der Waals surface area contributed by atoms with Crippen molar-refractivity contribution < 1.29 is 19.5 Å². The molecule has 5 N–H and O–H groups in total. The van der Waals surface area contributed by atoms with Crippen molar-refractivity contribution in [3.05, 3.63) is 70.9 Å². The van der Waals surface area contributed by atoms with Crippen LogP contribution in [0.15, 0.2) is 48.5 Å². The first-order valence-electron chi connectivity index (χ1n) is 12.6. The lowest BCUT2D eigenvalue weighted by Crippen LogP contribution is -2.32. The van der Waals surface area contributed by atoms with Crippen LogP contribution in [0.1, 0.15) is 77.5 Å². The predicted octanol–water partition coefficient (Wildman–Crippen LogP) is 4.27. The van der Waals surface area contributed by atoms with Gasteiger partial charge >= 0.3 is 5.97 Å². The topological polar surface area (TPSA) is 129 Å². The van der Waals surface area contributed by atoms with Crippen molar-refractivity contribution in [3.8, 4) is 0 Å². The number of aromatic amines is 1. The maximum Gasteiger partial charge on any atom is 0.322 e. The maximum absolute atomic E-state index is 11.7. The van der Waals surface area contributed by atoms with Crippen LogP contribution >= 0.6 is 0 Å². The van der Waals surface area contributed by atoms with Gasteiger partial charge in [0.05, 0.1) is 17.1 Å². The number of carboxylic acids is 1. The van der Waals surface area contributed by atoms with Gasteiger partial charge in [0.15, 0.2) is 0 Å². The Balaban J connectivity index is 0.000000236. The minimum atomic E-state index is -1.05. The molecule has 1 atom stereocenters. The average molecular weight is 493 g/mol. The van der Waals surface area contributed by atoms with Gasteiger partial charge in [0.1, 0.15) is 6.54 Å². The molecule has 2 aromatic carbocycles. The number of benzene rings is 2. The van der Waals surface area contributed by atoms with E-state index in [1.807, 2.05) is 12.1 Å². The zero-order valence-electron chi connectivity index (χ0n) is 21.0. The van der Waals surface area contributed by atoms with E-state index in [0.29, 0.717) is 17.2 Å². The number of para-hydroxylation sites is 1. The molecule has 0 radical (unpaired) electrons. The summed E-state index contributed by atoms with van der Waals surface area (Å²) in [7, 11) is 0. The molecule has 3 aromatic rings. The second kappa shape index (κ2) is 12.9. The summed E-state index contributed by atoms with van der Waals surface area (Å²) in [6, 6.07) is 14.8. The Morgan fingerprint density at radius 2 is 1.75 bits per heavy atom. The monoisotopic (exact) mass is 492 g/mol. The van der Waals surface area contributed by atoms with Crippen LogP contribution in [0.25, 0.3) is 10.9 Å². The van der Waals surface area contributed by atoms with Crippen molar-refractivity contribution in [2.75, 3.05) is 19.6 Å². The van der Waals surface area contributed by atoms with Crippen molar-refractivity contribution in [2.45, 2.75) is 52.0 Å². The third kappa shape index (κ3) is 6.51. The fourth-order valence-corrected chi connectivity index (χ4v) is 4.88. The Kier molecular flexibility index (Phi) is 9.64. The van der Waals surface area contributed by atoms with Crippen LogP contribution in [0.3, 0.4) is 0 Å². The van der Waals surface area contributed by atoms with E-state index in [4.69, 9.17) is 10.8 Å². The molecule has 1 unspecified atom stereocenters. The van der Waals surface area contributed by atoms with E-state index in [1.54, 1.807) is 30.3 Å². The number of nitrogens with two attached hydrogens (primary N) is 1. The van der Waals surface area contributed by atoms with E-state index >= 15 is 0 Å². The molecule has 1 heterocycles. The highest BCUT2D eigenvalue weighted by molar-refractivity contribution is 6.06. The molecule has 0 saturated carbocycles. The second-order valence-corrected chi connectivity index (χ2v) is 9.00. The zero-order chi connectivity index (χ0) is 26.1. The summed E-state index contributed by atoms with van der Waals surface area (Å²) in [6.07, 6.45) is 5.80. The average Bonchev–Trinajstić information content (AvgIpc) is 3.27. The second-order valence-electron chi connectivity index (χ2n) is 9.00. The Morgan fingerprint density at radius 1 is 1.06 bits per heavy atom. The number of carbonyl (C=O) groups excluding carboxylic acids is 2. The van der Waals surface area contributed by atoms with E-state index in [0.717, 1.165) is 25.0 Å². The molecule has 2 amide bonds. The first kappa shape index (κ1) is 26.9. The minimum absolute atomic E-state index is 0.353. The number of hydrogen-bond donors (Lipinski definition) is 4. The predicted molar refractivity (Wildman–Crippen MR) is 141 cm³/mol. The Morgan fingerprint density at radius 3 is 2.36 bits per heavy atom. The molecule has 1 aliphatic carbocycles. The highest BCUT2D eigenvalue weighted by atomic mass is 16.4. The van der Waals surface area contributed by atoms with Gasteiger partial charge in [0, 0.05) is 16.6 Å². The molecule has 0 aliphatic heterocycles. The maximum atomic E-state index is 11.7. The summed E-state index contributed by atoms with van der Waals surface area (Å²) in [5, 5.41) is 11.7. The number of aliphatic carboxylic acids is 1. The normalized spacial score (nSPS) is 14.6. The summed E-state index contributed by atoms with van der Waals surface area (Å²) < 4.78 is 0. The summed E-state index contributed by atoms with van der Waals surface area (Å²) in [4.78, 5) is 39.2. The molecule has 1 aliphatic rings. The summed E-state index contributed by atoms with van der Waals surface area (Å²) in [5.41, 5.74) is 10.2. The van der Waals surface area contributed by atoms with Crippen molar-refractivity contribution in [1.29, 1.82) is 0 Å². The molecular formula is C28H36N4O4. The Labute approximate surface area is 211 Å². The van der Waals surface area contributed by atoms with E-state index in [1.165, 1.54) is 42.3 Å². The van der Waals surface area contributed by atoms with Crippen LogP contribution in [0.5, 0.6) is 0 Å². The molecular weight excluding hydrogens is 456 g/mol. The van der Waals surface area contributed by atoms with Gasteiger partial charge < -0.3 is 21.1 Å². The number of fused-ring (bicyclic) bond motifs is 3. The molecule has 0 fully saturated rings. The van der Waals surface area contributed by atoms with Crippen molar-refractivity contribution in [1.82, 2.24) is 15.2 Å². The van der Waals surface area contributed by atoms with E-state index in [2.05, 4.69) is 35.1 Å². The number of carbonyl (C=O) groups is 3. The molecule has 8 nitrogen and oxygen atoms in total. The SMILES string of the molecule is CCCN(CCC)C1CCCc2c1[nH]c1c(C(N)=O)cccc21.O=C(O)CNC(=O)c1ccccc1. The largest absolute Gasteiger partial charge is 0.480 e. The van der Waals surface area contributed by atoms with Gasteiger partial charge in [-0.15, -0.1) is 0 Å². The number of carboxylic acid groups (broad SMARTS) is 1. The van der Waals surface area contributed by atoms with E-state index in [-0.39, 0.29) is 18.4 Å². The standard InChI is InChI=1S/C19H27N3O.C9H9NO3/c1-3-11-22(12-4-2)16-10-6-8-14-13-7-5-9-15(19(20)23)17(13)21-18(14)16;11-8(12)6-10-9(13)7-4-2-1-3-5-7/h5,7,9,16,21H,3-4,6,8,10-12H2,1-2H3,(H2,20,23);1-5H,6H2,(H,10,13)(H,11,12). The van der Waals surface area contributed by atoms with Gasteiger partial charge in [0.2, 0.25) is 0 Å². The van der Waals surface area contributed by atoms with Gasteiger partial charge in [-0.3, -0.25) is 19.3 Å². The third-order valence-electron chi connectivity index (χ3n) is 6.38. The number of H-pyrrole nitrogens is 1. The van der Waals surface area contributed by atoms with Crippen molar-refractivity contribution >= 4 is 28.7 Å². The lowest BCUT2D eigenvalue weighted by Gasteiger charge is -2.34. The molecule has 8 heteroatoms. The number of rotatable bonds is 9. The van der Waals surface area contributed by atoms with E-state index < -0.39 is 5.97 Å². The quantitative estimate of drug-likeness (QED) is 0.355. The zero-order valence-corrected chi connectivity index (χ0v) is 21.0. The van der Waals surface area contributed by atoms with Crippen LogP contribution in [0.4, 0.5) is 0 Å². The van der Waals surface area contributed by atoms with Crippen LogP contribution in [-0.4, -0.2) is 52.4 Å². The van der Waals surface area contributed by atoms with Gasteiger partial charge in [-0.2, -0.15) is 0 Å². The van der Waals surface area contributed by atoms with Gasteiger partial charge in [-0.1, -0.05) is 44.2 Å². The lowest BCUT2D eigenvalue weighted by molar-refractivity contribution is -0.135. The van der Waals surface area contributed by atoms with Crippen LogP contribution in [0, 0.1) is 0 Å². The fourth-order valence-electron chi connectivity index (χ4n) is 4.88. The highest BCUT2D eigenvalue weighted by Gasteiger charge is 2.29. The Bertz CT molecular complexity index is 1180. The number of primary amides is 1. The molecule has 0 spiro atoms. The molecule has 0 bridgehead atoms. The fraction of sp³-hybridized carbons (Fsp3) is 0.393.